The van der Waals surface area contributed by atoms with E-state index in [4.69, 9.17) is 4.74 Å². The molecule has 0 atom stereocenters. The molecule has 0 aromatic heterocycles. The van der Waals surface area contributed by atoms with E-state index in [1.165, 1.54) is 4.90 Å². The second-order valence-corrected chi connectivity index (χ2v) is 5.13. The normalized spacial score (nSPS) is 13.1. The Labute approximate surface area is 134 Å². The van der Waals surface area contributed by atoms with Crippen molar-refractivity contribution in [3.05, 3.63) is 48.5 Å². The van der Waals surface area contributed by atoms with E-state index in [2.05, 4.69) is 10.6 Å². The van der Waals surface area contributed by atoms with E-state index in [0.717, 1.165) is 5.69 Å². The first-order valence-electron chi connectivity index (χ1n) is 7.24. The van der Waals surface area contributed by atoms with Crippen LogP contribution in [0.2, 0.25) is 0 Å². The Bertz CT molecular complexity index is 728. The molecule has 0 saturated heterocycles. The van der Waals surface area contributed by atoms with Crippen LogP contribution in [-0.4, -0.2) is 32.0 Å². The van der Waals surface area contributed by atoms with Crippen LogP contribution in [0, 0.1) is 0 Å². The average molecular weight is 311 g/mol. The molecule has 6 heteroatoms. The molecule has 1 heterocycles. The van der Waals surface area contributed by atoms with Gasteiger partial charge >= 0.3 is 0 Å². The monoisotopic (exact) mass is 311 g/mol. The second kappa shape index (κ2) is 6.39. The standard InChI is InChI=1S/C17H17N3O3/c1-23-13-8-6-12(7-9-13)19-16(21)11-20-15-5-3-2-4-14(15)18-10-17(20)22/h2-9,18H,10-11H2,1H3,(H,19,21). The SMILES string of the molecule is COc1ccc(NC(=O)CN2C(=O)CNc3ccccc32)cc1. The van der Waals surface area contributed by atoms with E-state index in [0.29, 0.717) is 17.1 Å². The molecule has 0 unspecified atom stereocenters. The van der Waals surface area contributed by atoms with E-state index in [1.54, 1.807) is 31.4 Å². The Hall–Kier alpha value is -3.02. The van der Waals surface area contributed by atoms with Crippen molar-refractivity contribution >= 4 is 28.9 Å². The van der Waals surface area contributed by atoms with Gasteiger partial charge in [-0.3, -0.25) is 14.5 Å². The number of methoxy groups -OCH3 is 1. The maximum absolute atomic E-state index is 12.2. The predicted octanol–water partition coefficient (Wildman–Crippen LogP) is 2.09. The molecule has 0 aliphatic carbocycles. The molecule has 118 valence electrons. The molecular formula is C17H17N3O3. The van der Waals surface area contributed by atoms with Gasteiger partial charge in [-0.2, -0.15) is 0 Å². The third kappa shape index (κ3) is 3.26. The highest BCUT2D eigenvalue weighted by Gasteiger charge is 2.25. The molecule has 0 radical (unpaired) electrons. The van der Waals surface area contributed by atoms with E-state index in [9.17, 15) is 9.59 Å². The number of benzene rings is 2. The number of hydrogen-bond acceptors (Lipinski definition) is 4. The number of carbonyl (C=O) groups is 2. The van der Waals surface area contributed by atoms with Gasteiger partial charge in [-0.15, -0.1) is 0 Å². The van der Waals surface area contributed by atoms with Gasteiger partial charge in [0.05, 0.1) is 25.0 Å². The Balaban J connectivity index is 1.71. The Kier molecular flexibility index (Phi) is 4.14. The van der Waals surface area contributed by atoms with Gasteiger partial charge in [0, 0.05) is 5.69 Å². The fourth-order valence-electron chi connectivity index (χ4n) is 2.45. The fraction of sp³-hybridized carbons (Fsp3) is 0.176. The van der Waals surface area contributed by atoms with Gasteiger partial charge in [0.2, 0.25) is 11.8 Å². The number of nitrogens with one attached hydrogen (secondary N) is 2. The van der Waals surface area contributed by atoms with Crippen LogP contribution in [0.1, 0.15) is 0 Å². The minimum absolute atomic E-state index is 0.0243. The zero-order valence-corrected chi connectivity index (χ0v) is 12.7. The average Bonchev–Trinajstić information content (AvgIpc) is 2.58. The van der Waals surface area contributed by atoms with Gasteiger partial charge in [0.25, 0.3) is 0 Å². The van der Waals surface area contributed by atoms with Crippen LogP contribution in [0.4, 0.5) is 17.1 Å². The fourth-order valence-corrected chi connectivity index (χ4v) is 2.45. The molecule has 3 rings (SSSR count). The molecule has 2 amide bonds. The van der Waals surface area contributed by atoms with Crippen LogP contribution >= 0.6 is 0 Å². The smallest absolute Gasteiger partial charge is 0.246 e. The lowest BCUT2D eigenvalue weighted by molar-refractivity contribution is -0.120. The molecule has 2 aromatic carbocycles. The highest BCUT2D eigenvalue weighted by atomic mass is 16.5. The minimum Gasteiger partial charge on any atom is -0.497 e. The number of rotatable bonds is 4. The summed E-state index contributed by atoms with van der Waals surface area (Å²) in [6.07, 6.45) is 0. The van der Waals surface area contributed by atoms with Crippen LogP contribution in [0.3, 0.4) is 0 Å². The summed E-state index contributed by atoms with van der Waals surface area (Å²) in [5.74, 6) is 0.336. The number of para-hydroxylation sites is 2. The molecule has 0 bridgehead atoms. The van der Waals surface area contributed by atoms with Gasteiger partial charge in [0.1, 0.15) is 12.3 Å². The lowest BCUT2D eigenvalue weighted by Crippen LogP contribution is -2.44. The van der Waals surface area contributed by atoms with Gasteiger partial charge in [-0.25, -0.2) is 0 Å². The summed E-state index contributed by atoms with van der Waals surface area (Å²) in [7, 11) is 1.58. The number of carbonyl (C=O) groups excluding carboxylic acids is 2. The second-order valence-electron chi connectivity index (χ2n) is 5.13. The predicted molar refractivity (Wildman–Crippen MR) is 88.9 cm³/mol. The Morgan fingerprint density at radius 3 is 2.70 bits per heavy atom. The molecule has 1 aliphatic heterocycles. The van der Waals surface area contributed by atoms with Crippen molar-refractivity contribution in [2.75, 3.05) is 35.7 Å². The van der Waals surface area contributed by atoms with Crippen molar-refractivity contribution < 1.29 is 14.3 Å². The Morgan fingerprint density at radius 1 is 1.22 bits per heavy atom. The van der Waals surface area contributed by atoms with Crippen molar-refractivity contribution in [1.82, 2.24) is 0 Å². The van der Waals surface area contributed by atoms with Crippen molar-refractivity contribution in [2.45, 2.75) is 0 Å². The summed E-state index contributed by atoms with van der Waals surface area (Å²) < 4.78 is 5.08. The van der Waals surface area contributed by atoms with Gasteiger partial charge in [0.15, 0.2) is 0 Å². The van der Waals surface area contributed by atoms with Crippen LogP contribution < -0.4 is 20.3 Å². The zero-order valence-electron chi connectivity index (χ0n) is 12.7. The van der Waals surface area contributed by atoms with E-state index >= 15 is 0 Å². The first-order chi connectivity index (χ1) is 11.2. The summed E-state index contributed by atoms with van der Waals surface area (Å²) in [5.41, 5.74) is 2.23. The summed E-state index contributed by atoms with van der Waals surface area (Å²) in [5, 5.41) is 5.82. The topological polar surface area (TPSA) is 70.7 Å². The Morgan fingerprint density at radius 2 is 1.96 bits per heavy atom. The molecular weight excluding hydrogens is 294 g/mol. The molecule has 2 aromatic rings. The lowest BCUT2D eigenvalue weighted by Gasteiger charge is -2.29. The maximum Gasteiger partial charge on any atom is 0.246 e. The van der Waals surface area contributed by atoms with E-state index < -0.39 is 0 Å². The molecule has 2 N–H and O–H groups in total. The molecule has 0 saturated carbocycles. The highest BCUT2D eigenvalue weighted by Crippen LogP contribution is 2.28. The number of anilines is 3. The molecule has 0 fully saturated rings. The van der Waals surface area contributed by atoms with Crippen molar-refractivity contribution in [1.29, 1.82) is 0 Å². The third-order valence-electron chi connectivity index (χ3n) is 3.60. The number of amides is 2. The minimum atomic E-state index is -0.250. The van der Waals surface area contributed by atoms with Crippen LogP contribution in [-0.2, 0) is 9.59 Å². The van der Waals surface area contributed by atoms with Crippen LogP contribution in [0.15, 0.2) is 48.5 Å². The largest absolute Gasteiger partial charge is 0.497 e. The summed E-state index contributed by atoms with van der Waals surface area (Å²) in [6, 6.07) is 14.5. The van der Waals surface area contributed by atoms with Crippen LogP contribution in [0.5, 0.6) is 5.75 Å². The molecule has 23 heavy (non-hydrogen) atoms. The van der Waals surface area contributed by atoms with Crippen molar-refractivity contribution in [2.24, 2.45) is 0 Å². The number of nitrogens with zero attached hydrogens (tertiary/aromatic N) is 1. The number of hydrogen-bond donors (Lipinski definition) is 2. The molecule has 6 nitrogen and oxygen atoms in total. The van der Waals surface area contributed by atoms with Crippen LogP contribution in [0.25, 0.3) is 0 Å². The van der Waals surface area contributed by atoms with Gasteiger partial charge in [-0.1, -0.05) is 12.1 Å². The van der Waals surface area contributed by atoms with Gasteiger partial charge in [-0.05, 0) is 36.4 Å². The molecule has 0 spiro atoms. The summed E-state index contributed by atoms with van der Waals surface area (Å²) in [4.78, 5) is 25.8. The van der Waals surface area contributed by atoms with E-state index in [1.807, 2.05) is 24.3 Å². The highest BCUT2D eigenvalue weighted by molar-refractivity contribution is 6.07. The van der Waals surface area contributed by atoms with Gasteiger partial charge < -0.3 is 15.4 Å². The maximum atomic E-state index is 12.2. The summed E-state index contributed by atoms with van der Waals surface area (Å²) >= 11 is 0. The van der Waals surface area contributed by atoms with E-state index in [-0.39, 0.29) is 24.9 Å². The summed E-state index contributed by atoms with van der Waals surface area (Å²) in [6.45, 7) is 0.163. The lowest BCUT2D eigenvalue weighted by atomic mass is 10.2. The number of ether oxygens (including phenoxy) is 1. The first-order valence-corrected chi connectivity index (χ1v) is 7.24. The molecule has 1 aliphatic rings. The number of fused-ring (bicyclic) bond motifs is 1. The zero-order chi connectivity index (χ0) is 16.2. The van der Waals surface area contributed by atoms with Crippen molar-refractivity contribution in [3.8, 4) is 5.75 Å². The first kappa shape index (κ1) is 14.9. The third-order valence-corrected chi connectivity index (χ3v) is 3.60. The van der Waals surface area contributed by atoms with Crippen molar-refractivity contribution in [3.63, 3.8) is 0 Å². The quantitative estimate of drug-likeness (QED) is 0.907.